The summed E-state index contributed by atoms with van der Waals surface area (Å²) in [6, 6.07) is 22.9. The molecule has 6 nitrogen and oxygen atoms in total. The van der Waals surface area contributed by atoms with Crippen LogP contribution < -0.4 is 16.0 Å². The average Bonchev–Trinajstić information content (AvgIpc) is 2.84. The molecule has 5 rings (SSSR count). The van der Waals surface area contributed by atoms with Crippen LogP contribution in [0.2, 0.25) is 0 Å². The van der Waals surface area contributed by atoms with Crippen LogP contribution in [0, 0.1) is 0 Å². The molecule has 1 saturated carbocycles. The molecule has 4 N–H and O–H groups in total. The molecule has 3 aromatic rings. The number of aromatic nitrogens is 1. The molecule has 0 amide bonds. The number of hydrogen-bond acceptors (Lipinski definition) is 5. The molecule has 0 radical (unpaired) electrons. The standard InChI is InChI=1S/C28H32N4O2/c1-19(21-10-5-11-22(16-21)28(27(33)34)13-7-14-28)17-31-25(20-8-3-2-4-9-20)24-18-30-23-12-6-15-29-26(23)32-24/h2-6,8-12,15-16,19,24-25,30-31H,7,13-14,17-18H2,1H3,(H,29,32)(H,33,34)/t19-,24+,25+/m0/s1. The van der Waals surface area contributed by atoms with Crippen molar-refractivity contribution in [3.05, 3.63) is 89.6 Å². The number of carboxylic acid groups (broad SMARTS) is 1. The molecule has 34 heavy (non-hydrogen) atoms. The second-order valence-electron chi connectivity index (χ2n) is 9.60. The zero-order valence-electron chi connectivity index (χ0n) is 19.5. The van der Waals surface area contributed by atoms with Gasteiger partial charge in [0, 0.05) is 19.3 Å². The van der Waals surface area contributed by atoms with Gasteiger partial charge >= 0.3 is 5.97 Å². The van der Waals surface area contributed by atoms with Crippen molar-refractivity contribution < 1.29 is 9.90 Å². The number of pyridine rings is 1. The first-order valence-electron chi connectivity index (χ1n) is 12.1. The fourth-order valence-electron chi connectivity index (χ4n) is 5.18. The minimum absolute atomic E-state index is 0.0893. The highest BCUT2D eigenvalue weighted by molar-refractivity contribution is 5.82. The molecule has 1 aliphatic heterocycles. The van der Waals surface area contributed by atoms with E-state index >= 15 is 0 Å². The van der Waals surface area contributed by atoms with Gasteiger partial charge in [-0.1, -0.05) is 67.9 Å². The topological polar surface area (TPSA) is 86.3 Å². The lowest BCUT2D eigenvalue weighted by Gasteiger charge is -2.38. The van der Waals surface area contributed by atoms with Gasteiger partial charge in [0.2, 0.25) is 0 Å². The molecule has 0 bridgehead atoms. The summed E-state index contributed by atoms with van der Waals surface area (Å²) in [4.78, 5) is 16.5. The maximum atomic E-state index is 12.0. The number of benzene rings is 2. The van der Waals surface area contributed by atoms with E-state index in [0.29, 0.717) is 0 Å². The molecule has 1 aliphatic carbocycles. The van der Waals surface area contributed by atoms with Gasteiger partial charge in [-0.3, -0.25) is 4.79 Å². The van der Waals surface area contributed by atoms with E-state index in [-0.39, 0.29) is 18.0 Å². The number of aliphatic carboxylic acids is 1. The Hall–Kier alpha value is -3.38. The summed E-state index contributed by atoms with van der Waals surface area (Å²) in [6.45, 7) is 3.76. The first kappa shape index (κ1) is 22.4. The fourth-order valence-corrected chi connectivity index (χ4v) is 5.18. The summed E-state index contributed by atoms with van der Waals surface area (Å²) < 4.78 is 0. The van der Waals surface area contributed by atoms with E-state index in [1.165, 1.54) is 11.1 Å². The Morgan fingerprint density at radius 1 is 1.12 bits per heavy atom. The van der Waals surface area contributed by atoms with Gasteiger partial charge in [-0.05, 0) is 47.6 Å². The van der Waals surface area contributed by atoms with Gasteiger partial charge in [-0.25, -0.2) is 4.98 Å². The van der Waals surface area contributed by atoms with Gasteiger partial charge < -0.3 is 21.1 Å². The van der Waals surface area contributed by atoms with Crippen molar-refractivity contribution in [2.75, 3.05) is 23.7 Å². The molecule has 0 spiro atoms. The van der Waals surface area contributed by atoms with Gasteiger partial charge in [-0.15, -0.1) is 0 Å². The molecule has 2 heterocycles. The number of rotatable bonds is 8. The lowest BCUT2D eigenvalue weighted by Crippen LogP contribution is -2.45. The number of nitrogens with zero attached hydrogens (tertiary/aromatic N) is 1. The van der Waals surface area contributed by atoms with Crippen molar-refractivity contribution in [2.24, 2.45) is 0 Å². The Balaban J connectivity index is 1.33. The number of carbonyl (C=O) groups is 1. The predicted octanol–water partition coefficient (Wildman–Crippen LogP) is 4.93. The zero-order chi connectivity index (χ0) is 23.5. The lowest BCUT2D eigenvalue weighted by atomic mass is 9.64. The summed E-state index contributed by atoms with van der Waals surface area (Å²) in [5.74, 6) is 0.413. The molecule has 0 unspecified atom stereocenters. The van der Waals surface area contributed by atoms with E-state index in [2.05, 4.69) is 64.3 Å². The van der Waals surface area contributed by atoms with E-state index < -0.39 is 11.4 Å². The summed E-state index contributed by atoms with van der Waals surface area (Å²) in [5, 5.41) is 20.8. The van der Waals surface area contributed by atoms with Crippen LogP contribution in [0.15, 0.2) is 72.9 Å². The SMILES string of the molecule is C[C@@H](CN[C@H](c1ccccc1)[C@H]1CNc2cccnc2N1)c1cccc(C2(C(=O)O)CCC2)c1. The number of fused-ring (bicyclic) bond motifs is 1. The summed E-state index contributed by atoms with van der Waals surface area (Å²) in [6.07, 6.45) is 4.24. The van der Waals surface area contributed by atoms with Crippen LogP contribution >= 0.6 is 0 Å². The summed E-state index contributed by atoms with van der Waals surface area (Å²) in [7, 11) is 0. The van der Waals surface area contributed by atoms with Crippen LogP contribution in [-0.4, -0.2) is 35.2 Å². The first-order valence-corrected chi connectivity index (χ1v) is 12.1. The minimum atomic E-state index is -0.701. The second kappa shape index (κ2) is 9.47. The second-order valence-corrected chi connectivity index (χ2v) is 9.60. The molecular formula is C28H32N4O2. The number of carboxylic acids is 1. The minimum Gasteiger partial charge on any atom is -0.481 e. The highest BCUT2D eigenvalue weighted by atomic mass is 16.4. The smallest absolute Gasteiger partial charge is 0.314 e. The average molecular weight is 457 g/mol. The molecular weight excluding hydrogens is 424 g/mol. The van der Waals surface area contributed by atoms with Crippen LogP contribution in [0.25, 0.3) is 0 Å². The Morgan fingerprint density at radius 3 is 2.65 bits per heavy atom. The van der Waals surface area contributed by atoms with E-state index in [4.69, 9.17) is 0 Å². The van der Waals surface area contributed by atoms with Crippen molar-refractivity contribution >= 4 is 17.5 Å². The zero-order valence-corrected chi connectivity index (χ0v) is 19.5. The monoisotopic (exact) mass is 456 g/mol. The third-order valence-electron chi connectivity index (χ3n) is 7.47. The molecule has 1 fully saturated rings. The highest BCUT2D eigenvalue weighted by Crippen LogP contribution is 2.44. The highest BCUT2D eigenvalue weighted by Gasteiger charge is 2.46. The van der Waals surface area contributed by atoms with Crippen LogP contribution in [0.5, 0.6) is 0 Å². The molecule has 1 aromatic heterocycles. The number of nitrogens with one attached hydrogen (secondary N) is 3. The normalized spacial score (nSPS) is 20.1. The van der Waals surface area contributed by atoms with Crippen molar-refractivity contribution in [1.82, 2.24) is 10.3 Å². The first-order chi connectivity index (χ1) is 16.6. The van der Waals surface area contributed by atoms with E-state index in [1.807, 2.05) is 36.5 Å². The van der Waals surface area contributed by atoms with Crippen LogP contribution in [0.3, 0.4) is 0 Å². The molecule has 0 saturated heterocycles. The predicted molar refractivity (Wildman–Crippen MR) is 135 cm³/mol. The summed E-state index contributed by atoms with van der Waals surface area (Å²) in [5.41, 5.74) is 3.66. The van der Waals surface area contributed by atoms with E-state index in [1.54, 1.807) is 0 Å². The molecule has 6 heteroatoms. The van der Waals surface area contributed by atoms with Crippen molar-refractivity contribution in [3.63, 3.8) is 0 Å². The lowest BCUT2D eigenvalue weighted by molar-refractivity contribution is -0.147. The maximum Gasteiger partial charge on any atom is 0.314 e. The Morgan fingerprint density at radius 2 is 1.91 bits per heavy atom. The van der Waals surface area contributed by atoms with Gasteiger partial charge in [0.15, 0.2) is 0 Å². The molecule has 2 aromatic carbocycles. The number of hydrogen-bond donors (Lipinski definition) is 4. The Bertz CT molecular complexity index is 1150. The van der Waals surface area contributed by atoms with Gasteiger partial charge in [0.1, 0.15) is 5.82 Å². The van der Waals surface area contributed by atoms with Crippen molar-refractivity contribution in [1.29, 1.82) is 0 Å². The maximum absolute atomic E-state index is 12.0. The summed E-state index contributed by atoms with van der Waals surface area (Å²) >= 11 is 0. The van der Waals surface area contributed by atoms with Gasteiger partial charge in [0.25, 0.3) is 0 Å². The van der Waals surface area contributed by atoms with Crippen LogP contribution in [-0.2, 0) is 10.2 Å². The van der Waals surface area contributed by atoms with Gasteiger partial charge in [0.05, 0.1) is 23.2 Å². The molecule has 2 aliphatic rings. The van der Waals surface area contributed by atoms with Crippen LogP contribution in [0.4, 0.5) is 11.5 Å². The largest absolute Gasteiger partial charge is 0.481 e. The number of anilines is 2. The fraction of sp³-hybridized carbons (Fsp3) is 0.357. The molecule has 176 valence electrons. The quantitative estimate of drug-likeness (QED) is 0.385. The van der Waals surface area contributed by atoms with Crippen LogP contribution in [0.1, 0.15) is 54.8 Å². The molecule has 3 atom stereocenters. The third kappa shape index (κ3) is 4.26. The van der Waals surface area contributed by atoms with Gasteiger partial charge in [-0.2, -0.15) is 0 Å². The van der Waals surface area contributed by atoms with Crippen molar-refractivity contribution in [2.45, 2.75) is 49.6 Å². The Kier molecular flexibility index (Phi) is 6.24. The van der Waals surface area contributed by atoms with E-state index in [9.17, 15) is 9.90 Å². The van der Waals surface area contributed by atoms with Crippen molar-refractivity contribution in [3.8, 4) is 0 Å². The third-order valence-corrected chi connectivity index (χ3v) is 7.47. The Labute approximate surface area is 200 Å². The van der Waals surface area contributed by atoms with E-state index in [0.717, 1.165) is 49.4 Å².